The monoisotopic (exact) mass is 368 g/mol. The molecule has 0 amide bonds. The number of carboxylic acids is 1. The number of ether oxygens (including phenoxy) is 2. The maximum Gasteiger partial charge on any atom is 0.332 e. The van der Waals surface area contributed by atoms with E-state index in [1.165, 1.54) is 0 Å². The van der Waals surface area contributed by atoms with Crippen LogP contribution in [0.25, 0.3) is 0 Å². The summed E-state index contributed by atoms with van der Waals surface area (Å²) < 4.78 is 18.8. The minimum absolute atomic E-state index is 0.309. The molecule has 6 nitrogen and oxygen atoms in total. The summed E-state index contributed by atoms with van der Waals surface area (Å²) in [5.74, 6) is -0.831. The molecule has 2 fully saturated rings. The first-order valence-corrected chi connectivity index (χ1v) is 8.92. The first-order chi connectivity index (χ1) is 9.34. The normalized spacial score (nSPS) is 24.4. The Morgan fingerprint density at radius 1 is 1.05 bits per heavy atom. The Kier molecular flexibility index (Phi) is 11.8. The number of hydrogen-bond acceptors (Lipinski definition) is 5. The quantitative estimate of drug-likeness (QED) is 0.751. The van der Waals surface area contributed by atoms with Crippen LogP contribution in [0.2, 0.25) is 0 Å². The zero-order valence-electron chi connectivity index (χ0n) is 10.4. The Labute approximate surface area is 133 Å². The van der Waals surface area contributed by atoms with Gasteiger partial charge >= 0.3 is 5.97 Å². The minimum Gasteiger partial charge on any atom is -0.479 e. The summed E-state index contributed by atoms with van der Waals surface area (Å²) >= 11 is 5.12. The zero-order chi connectivity index (χ0) is 15.5. The number of rotatable bonds is 2. The van der Waals surface area contributed by atoms with Gasteiger partial charge in [-0.1, -0.05) is 0 Å². The molecule has 118 valence electrons. The van der Waals surface area contributed by atoms with Gasteiger partial charge in [0, 0.05) is 34.6 Å². The fraction of sp³-hybridized carbons (Fsp3) is 0.800. The van der Waals surface area contributed by atoms with Crippen molar-refractivity contribution in [1.29, 1.82) is 0 Å². The molecule has 0 spiro atoms. The summed E-state index contributed by atoms with van der Waals surface area (Å²) in [5.41, 5.74) is 0. The first kappa shape index (κ1) is 20.1. The number of aliphatic carboxylic acids is 1. The molecule has 0 radical (unpaired) electrons. The summed E-state index contributed by atoms with van der Waals surface area (Å²) in [4.78, 5) is 20.4. The molecular weight excluding hydrogens is 355 g/mol. The summed E-state index contributed by atoms with van der Waals surface area (Å²) in [5, 5.41) is 7.93. The van der Waals surface area contributed by atoms with Crippen LogP contribution in [0.15, 0.2) is 0 Å². The van der Waals surface area contributed by atoms with Crippen molar-refractivity contribution < 1.29 is 28.4 Å². The number of carbonyl (C=O) groups is 2. The van der Waals surface area contributed by atoms with Crippen LogP contribution in [-0.4, -0.2) is 45.9 Å². The molecule has 20 heavy (non-hydrogen) atoms. The average molecular weight is 370 g/mol. The largest absolute Gasteiger partial charge is 0.479 e. The Balaban J connectivity index is 0.000000289. The lowest BCUT2D eigenvalue weighted by Crippen LogP contribution is -2.17. The summed E-state index contributed by atoms with van der Waals surface area (Å²) in [7, 11) is 7.36. The third-order valence-corrected chi connectivity index (χ3v) is 2.63. The predicted molar refractivity (Wildman–Crippen MR) is 76.3 cm³/mol. The lowest BCUT2D eigenvalue weighted by Gasteiger charge is -1.98. The SMILES string of the molecule is O=C(Cl)C1CCCO1.O=C(O)C1CCCO1.O=S(Cl)Cl. The van der Waals surface area contributed by atoms with Gasteiger partial charge < -0.3 is 14.6 Å². The molecule has 10 heteroatoms. The first-order valence-electron chi connectivity index (χ1n) is 5.74. The highest BCUT2D eigenvalue weighted by Crippen LogP contribution is 2.13. The van der Waals surface area contributed by atoms with E-state index in [9.17, 15) is 9.59 Å². The van der Waals surface area contributed by atoms with Gasteiger partial charge in [0.15, 0.2) is 6.10 Å². The van der Waals surface area contributed by atoms with Gasteiger partial charge in [-0.05, 0) is 37.3 Å². The van der Waals surface area contributed by atoms with Gasteiger partial charge in [0.25, 0.3) is 0 Å². The predicted octanol–water partition coefficient (Wildman–Crippen LogP) is 2.22. The molecule has 2 atom stereocenters. The van der Waals surface area contributed by atoms with E-state index in [2.05, 4.69) is 21.4 Å². The number of halogens is 3. The topological polar surface area (TPSA) is 89.9 Å². The zero-order valence-corrected chi connectivity index (χ0v) is 13.5. The minimum atomic E-state index is -1.67. The average Bonchev–Trinajstić information content (AvgIpc) is 3.03. The van der Waals surface area contributed by atoms with Crippen LogP contribution in [0.1, 0.15) is 25.7 Å². The second-order valence-electron chi connectivity index (χ2n) is 3.83. The van der Waals surface area contributed by atoms with Crippen molar-refractivity contribution in [2.24, 2.45) is 0 Å². The van der Waals surface area contributed by atoms with Crippen molar-refractivity contribution in [2.45, 2.75) is 37.9 Å². The van der Waals surface area contributed by atoms with Crippen molar-refractivity contribution in [1.82, 2.24) is 0 Å². The van der Waals surface area contributed by atoms with Crippen LogP contribution in [0.5, 0.6) is 0 Å². The third kappa shape index (κ3) is 10.8. The van der Waals surface area contributed by atoms with Crippen LogP contribution in [0.3, 0.4) is 0 Å². The van der Waals surface area contributed by atoms with Gasteiger partial charge in [-0.2, -0.15) is 0 Å². The lowest BCUT2D eigenvalue weighted by atomic mass is 10.2. The Morgan fingerprint density at radius 2 is 1.45 bits per heavy atom. The highest BCUT2D eigenvalue weighted by Gasteiger charge is 2.22. The smallest absolute Gasteiger partial charge is 0.332 e. The highest BCUT2D eigenvalue weighted by atomic mass is 36.0. The number of hydrogen-bond donors (Lipinski definition) is 1. The summed E-state index contributed by atoms with van der Waals surface area (Å²) in [6.45, 7) is 1.29. The lowest BCUT2D eigenvalue weighted by molar-refractivity contribution is -0.147. The van der Waals surface area contributed by atoms with E-state index in [4.69, 9.17) is 30.4 Å². The molecule has 0 aromatic heterocycles. The molecule has 2 aliphatic rings. The van der Waals surface area contributed by atoms with E-state index in [-0.39, 0.29) is 11.3 Å². The standard InChI is InChI=1S/C5H7ClO2.C5H8O3.Cl2OS/c2*6-5(7)4-2-1-3-8-4;1-4(2)3/h4H,1-3H2;4H,1-3H2,(H,6,7);. The van der Waals surface area contributed by atoms with Gasteiger partial charge in [0.1, 0.15) is 6.10 Å². The van der Waals surface area contributed by atoms with Gasteiger partial charge in [-0.15, -0.1) is 0 Å². The number of carboxylic acid groups (broad SMARTS) is 1. The van der Waals surface area contributed by atoms with E-state index in [0.29, 0.717) is 19.6 Å². The second-order valence-corrected chi connectivity index (χ2v) is 6.73. The van der Waals surface area contributed by atoms with Crippen LogP contribution < -0.4 is 0 Å². The molecular formula is C10H15Cl3O6S. The molecule has 2 saturated heterocycles. The fourth-order valence-corrected chi connectivity index (χ4v) is 1.70. The second kappa shape index (κ2) is 11.7. The molecule has 0 aromatic rings. The highest BCUT2D eigenvalue weighted by molar-refractivity contribution is 8.26. The van der Waals surface area contributed by atoms with Crippen LogP contribution in [0, 0.1) is 0 Å². The van der Waals surface area contributed by atoms with E-state index in [1.807, 2.05) is 0 Å². The molecule has 0 bridgehead atoms. The molecule has 2 aliphatic heterocycles. The van der Waals surface area contributed by atoms with Crippen molar-refractivity contribution in [2.75, 3.05) is 13.2 Å². The maximum atomic E-state index is 10.3. The molecule has 1 N–H and O–H groups in total. The molecule has 0 saturated carbocycles. The van der Waals surface area contributed by atoms with E-state index in [1.54, 1.807) is 0 Å². The molecule has 2 unspecified atom stereocenters. The number of carbonyl (C=O) groups excluding carboxylic acids is 1. The van der Waals surface area contributed by atoms with Gasteiger partial charge in [0.2, 0.25) is 14.5 Å². The van der Waals surface area contributed by atoms with E-state index in [0.717, 1.165) is 19.3 Å². The Morgan fingerprint density at radius 3 is 1.60 bits per heavy atom. The fourth-order valence-electron chi connectivity index (χ4n) is 1.53. The molecule has 2 rings (SSSR count). The van der Waals surface area contributed by atoms with Crippen molar-refractivity contribution in [3.63, 3.8) is 0 Å². The van der Waals surface area contributed by atoms with E-state index < -0.39 is 21.3 Å². The van der Waals surface area contributed by atoms with Crippen LogP contribution in [-0.2, 0) is 28.3 Å². The molecule has 2 heterocycles. The summed E-state index contributed by atoms with van der Waals surface area (Å²) in [6, 6.07) is 0. The van der Waals surface area contributed by atoms with Gasteiger partial charge in [-0.3, -0.25) is 4.79 Å². The van der Waals surface area contributed by atoms with Crippen molar-refractivity contribution in [3.8, 4) is 0 Å². The van der Waals surface area contributed by atoms with Crippen molar-refractivity contribution >= 4 is 53.4 Å². The third-order valence-electron chi connectivity index (χ3n) is 2.39. The van der Waals surface area contributed by atoms with Crippen LogP contribution >= 0.6 is 33.0 Å². The Hall–Kier alpha value is 0.0800. The Bertz CT molecular complexity index is 299. The van der Waals surface area contributed by atoms with Crippen molar-refractivity contribution in [3.05, 3.63) is 0 Å². The maximum absolute atomic E-state index is 10.3. The summed E-state index contributed by atoms with van der Waals surface area (Å²) in [6.07, 6.45) is 2.49. The van der Waals surface area contributed by atoms with Gasteiger partial charge in [0.05, 0.1) is 0 Å². The van der Waals surface area contributed by atoms with E-state index >= 15 is 0 Å². The van der Waals surface area contributed by atoms with Crippen LogP contribution in [0.4, 0.5) is 0 Å². The molecule has 0 aliphatic carbocycles. The van der Waals surface area contributed by atoms with Gasteiger partial charge in [-0.25, -0.2) is 9.00 Å². The molecule has 0 aromatic carbocycles.